The lowest BCUT2D eigenvalue weighted by Gasteiger charge is -2.25. The molecule has 2 aromatic heterocycles. The summed E-state index contributed by atoms with van der Waals surface area (Å²) >= 11 is 1.62. The molecule has 1 atom stereocenters. The molecule has 156 valence electrons. The van der Waals surface area contributed by atoms with E-state index in [0.29, 0.717) is 19.0 Å². The van der Waals surface area contributed by atoms with Gasteiger partial charge in [0.05, 0.1) is 24.9 Å². The molecule has 31 heavy (non-hydrogen) atoms. The molecule has 1 aliphatic rings. The summed E-state index contributed by atoms with van der Waals surface area (Å²) in [4.78, 5) is 11.2. The van der Waals surface area contributed by atoms with Crippen LogP contribution < -0.4 is 4.74 Å². The van der Waals surface area contributed by atoms with Crippen LogP contribution in [0.25, 0.3) is 10.4 Å². The quantitative estimate of drug-likeness (QED) is 0.423. The molecular formula is C24H20FN3O2S. The number of aliphatic imine (C=N–C) groups is 1. The zero-order chi connectivity index (χ0) is 21.3. The van der Waals surface area contributed by atoms with Crippen molar-refractivity contribution >= 4 is 17.2 Å². The van der Waals surface area contributed by atoms with Crippen LogP contribution in [0.2, 0.25) is 0 Å². The van der Waals surface area contributed by atoms with Gasteiger partial charge in [-0.15, -0.1) is 11.3 Å². The van der Waals surface area contributed by atoms with Crippen LogP contribution in [0, 0.1) is 5.82 Å². The highest BCUT2D eigenvalue weighted by molar-refractivity contribution is 7.17. The van der Waals surface area contributed by atoms with Crippen molar-refractivity contribution in [3.8, 4) is 16.2 Å². The third-order valence-electron chi connectivity index (χ3n) is 5.32. The lowest BCUT2D eigenvalue weighted by atomic mass is 9.91. The summed E-state index contributed by atoms with van der Waals surface area (Å²) in [6, 6.07) is 18.5. The van der Waals surface area contributed by atoms with Gasteiger partial charge in [0.25, 0.3) is 0 Å². The van der Waals surface area contributed by atoms with Crippen LogP contribution in [-0.4, -0.2) is 29.2 Å². The van der Waals surface area contributed by atoms with E-state index < -0.39 is 5.54 Å². The van der Waals surface area contributed by atoms with Crippen LogP contribution in [0.1, 0.15) is 10.4 Å². The highest BCUT2D eigenvalue weighted by atomic mass is 32.1. The van der Waals surface area contributed by atoms with Crippen LogP contribution in [0.5, 0.6) is 5.75 Å². The zero-order valence-corrected chi connectivity index (χ0v) is 17.7. The zero-order valence-electron chi connectivity index (χ0n) is 16.9. The maximum atomic E-state index is 13.5. The molecule has 0 saturated carbocycles. The number of hydrogen-bond acceptors (Lipinski definition) is 5. The summed E-state index contributed by atoms with van der Waals surface area (Å²) < 4.78 is 26.9. The normalized spacial score (nSPS) is 17.9. The average molecular weight is 434 g/mol. The van der Waals surface area contributed by atoms with Gasteiger partial charge in [-0.05, 0) is 47.5 Å². The maximum Gasteiger partial charge on any atom is 0.227 e. The molecule has 3 heterocycles. The van der Waals surface area contributed by atoms with Gasteiger partial charge in [-0.25, -0.2) is 14.4 Å². The second kappa shape index (κ2) is 8.00. The number of halogens is 1. The summed E-state index contributed by atoms with van der Waals surface area (Å²) in [6.07, 6.45) is 5.38. The van der Waals surface area contributed by atoms with E-state index in [9.17, 15) is 4.39 Å². The first-order valence-corrected chi connectivity index (χ1v) is 10.7. The van der Waals surface area contributed by atoms with Gasteiger partial charge in [0.1, 0.15) is 23.7 Å². The van der Waals surface area contributed by atoms with Crippen molar-refractivity contribution in [1.82, 2.24) is 9.55 Å². The molecule has 4 aromatic rings. The number of imidazole rings is 1. The van der Waals surface area contributed by atoms with Crippen LogP contribution in [0.4, 0.5) is 4.39 Å². The lowest BCUT2D eigenvalue weighted by molar-refractivity contribution is 0.236. The molecule has 5 rings (SSSR count). The second-order valence-electron chi connectivity index (χ2n) is 7.37. The van der Waals surface area contributed by atoms with Gasteiger partial charge in [0, 0.05) is 17.3 Å². The standard InChI is InChI=1S/C24H20FN3O2S/c1-29-20-4-2-3-17(13-20)21-9-10-22(31-21)23-27-24(15-30-23,14-28-12-11-26-16-28)18-5-7-19(25)8-6-18/h2-13,16H,14-15H2,1H3. The summed E-state index contributed by atoms with van der Waals surface area (Å²) in [6.45, 7) is 0.925. The second-order valence-corrected chi connectivity index (χ2v) is 8.46. The number of ether oxygens (including phenoxy) is 2. The van der Waals surface area contributed by atoms with Crippen molar-refractivity contribution in [2.45, 2.75) is 12.1 Å². The number of benzene rings is 2. The Bertz CT molecular complexity index is 1220. The van der Waals surface area contributed by atoms with E-state index in [1.807, 2.05) is 35.0 Å². The Labute approximate surface area is 183 Å². The molecular weight excluding hydrogens is 413 g/mol. The fourth-order valence-corrected chi connectivity index (χ4v) is 4.67. The molecule has 0 saturated heterocycles. The Balaban J connectivity index is 1.50. The molecule has 0 fully saturated rings. The van der Waals surface area contributed by atoms with Gasteiger partial charge >= 0.3 is 0 Å². The van der Waals surface area contributed by atoms with E-state index in [1.165, 1.54) is 12.1 Å². The fourth-order valence-electron chi connectivity index (χ4n) is 3.72. The third kappa shape index (κ3) is 3.84. The van der Waals surface area contributed by atoms with E-state index in [2.05, 4.69) is 17.1 Å². The molecule has 7 heteroatoms. The van der Waals surface area contributed by atoms with E-state index >= 15 is 0 Å². The fraction of sp³-hybridized carbons (Fsp3) is 0.167. The largest absolute Gasteiger partial charge is 0.497 e. The summed E-state index contributed by atoms with van der Waals surface area (Å²) in [7, 11) is 1.66. The number of nitrogens with zero attached hydrogens (tertiary/aromatic N) is 3. The number of rotatable bonds is 6. The number of hydrogen-bond donors (Lipinski definition) is 0. The minimum Gasteiger partial charge on any atom is -0.497 e. The summed E-state index contributed by atoms with van der Waals surface area (Å²) in [5.74, 6) is 1.15. The molecule has 0 N–H and O–H groups in total. The number of aromatic nitrogens is 2. The Morgan fingerprint density at radius 2 is 1.97 bits per heavy atom. The molecule has 2 aromatic carbocycles. The third-order valence-corrected chi connectivity index (χ3v) is 6.44. The maximum absolute atomic E-state index is 13.5. The van der Waals surface area contributed by atoms with Crippen molar-refractivity contribution in [2.75, 3.05) is 13.7 Å². The molecule has 1 aliphatic heterocycles. The SMILES string of the molecule is COc1cccc(-c2ccc(C3=NC(Cn4ccnc4)(c4ccc(F)cc4)CO3)s2)c1. The first-order valence-electron chi connectivity index (χ1n) is 9.84. The van der Waals surface area contributed by atoms with Gasteiger partial charge < -0.3 is 14.0 Å². The van der Waals surface area contributed by atoms with Gasteiger partial charge in [-0.3, -0.25) is 0 Å². The summed E-state index contributed by atoms with van der Waals surface area (Å²) in [5.41, 5.74) is 1.34. The Kier molecular flexibility index (Phi) is 5.03. The average Bonchev–Trinajstić information content (AvgIpc) is 3.56. The number of thiophene rings is 1. The predicted molar refractivity (Wildman–Crippen MR) is 119 cm³/mol. The van der Waals surface area contributed by atoms with Crippen molar-refractivity contribution in [1.29, 1.82) is 0 Å². The van der Waals surface area contributed by atoms with Gasteiger partial charge in [0.15, 0.2) is 0 Å². The monoisotopic (exact) mass is 433 g/mol. The van der Waals surface area contributed by atoms with E-state index in [4.69, 9.17) is 14.5 Å². The van der Waals surface area contributed by atoms with Crippen molar-refractivity contribution in [3.05, 3.63) is 95.6 Å². The van der Waals surface area contributed by atoms with Crippen LogP contribution in [-0.2, 0) is 16.8 Å². The smallest absolute Gasteiger partial charge is 0.227 e. The molecule has 0 bridgehead atoms. The van der Waals surface area contributed by atoms with E-state index in [-0.39, 0.29) is 5.82 Å². The Morgan fingerprint density at radius 1 is 1.13 bits per heavy atom. The molecule has 0 radical (unpaired) electrons. The highest BCUT2D eigenvalue weighted by Crippen LogP contribution is 2.37. The topological polar surface area (TPSA) is 48.6 Å². The van der Waals surface area contributed by atoms with E-state index in [0.717, 1.165) is 26.6 Å². The lowest BCUT2D eigenvalue weighted by Crippen LogP contribution is -2.31. The van der Waals surface area contributed by atoms with Crippen molar-refractivity contribution < 1.29 is 13.9 Å². The van der Waals surface area contributed by atoms with Crippen LogP contribution in [0.3, 0.4) is 0 Å². The van der Waals surface area contributed by atoms with Gasteiger partial charge in [0.2, 0.25) is 5.90 Å². The molecule has 0 aliphatic carbocycles. The number of methoxy groups -OCH3 is 1. The molecule has 1 unspecified atom stereocenters. The highest BCUT2D eigenvalue weighted by Gasteiger charge is 2.39. The predicted octanol–water partition coefficient (Wildman–Crippen LogP) is 5.13. The van der Waals surface area contributed by atoms with E-state index in [1.54, 1.807) is 43.1 Å². The van der Waals surface area contributed by atoms with Crippen molar-refractivity contribution in [3.63, 3.8) is 0 Å². The first-order chi connectivity index (χ1) is 15.1. The van der Waals surface area contributed by atoms with Gasteiger partial charge in [-0.1, -0.05) is 24.3 Å². The first kappa shape index (κ1) is 19.5. The van der Waals surface area contributed by atoms with Crippen LogP contribution in [0.15, 0.2) is 84.4 Å². The molecule has 0 spiro atoms. The summed E-state index contributed by atoms with van der Waals surface area (Å²) in [5, 5.41) is 0. The molecule has 0 amide bonds. The Hall–Kier alpha value is -3.45. The van der Waals surface area contributed by atoms with Crippen LogP contribution >= 0.6 is 11.3 Å². The van der Waals surface area contributed by atoms with Gasteiger partial charge in [-0.2, -0.15) is 0 Å². The van der Waals surface area contributed by atoms with Crippen molar-refractivity contribution in [2.24, 2.45) is 4.99 Å². The minimum absolute atomic E-state index is 0.272. The Morgan fingerprint density at radius 3 is 2.74 bits per heavy atom. The molecule has 5 nitrogen and oxygen atoms in total. The minimum atomic E-state index is -0.649.